The highest BCUT2D eigenvalue weighted by Crippen LogP contribution is 2.30. The lowest BCUT2D eigenvalue weighted by atomic mass is 10.1. The number of aryl methyl sites for hydroxylation is 1. The molecule has 3 aromatic rings. The summed E-state index contributed by atoms with van der Waals surface area (Å²) in [5, 5.41) is 7.91. The summed E-state index contributed by atoms with van der Waals surface area (Å²) >= 11 is 0. The molecule has 33 heavy (non-hydrogen) atoms. The Morgan fingerprint density at radius 3 is 2.45 bits per heavy atom. The van der Waals surface area contributed by atoms with Crippen LogP contribution in [-0.2, 0) is 6.18 Å². The van der Waals surface area contributed by atoms with E-state index < -0.39 is 41.2 Å². The topological polar surface area (TPSA) is 73.1 Å². The van der Waals surface area contributed by atoms with E-state index in [1.807, 2.05) is 0 Å². The lowest BCUT2D eigenvalue weighted by Crippen LogP contribution is -2.42. The predicted molar refractivity (Wildman–Crippen MR) is 107 cm³/mol. The fourth-order valence-corrected chi connectivity index (χ4v) is 3.16. The van der Waals surface area contributed by atoms with Crippen molar-refractivity contribution in [1.82, 2.24) is 24.9 Å². The Morgan fingerprint density at radius 1 is 1.21 bits per heavy atom. The predicted octanol–water partition coefficient (Wildman–Crippen LogP) is 4.20. The first-order chi connectivity index (χ1) is 15.5. The van der Waals surface area contributed by atoms with E-state index in [0.29, 0.717) is 6.20 Å². The third-order valence-electron chi connectivity index (χ3n) is 4.89. The van der Waals surface area contributed by atoms with Gasteiger partial charge in [-0.3, -0.25) is 4.79 Å². The summed E-state index contributed by atoms with van der Waals surface area (Å²) in [7, 11) is 0. The van der Waals surface area contributed by atoms with Crippen molar-refractivity contribution >= 4 is 5.91 Å². The van der Waals surface area contributed by atoms with E-state index in [4.69, 9.17) is 4.74 Å². The van der Waals surface area contributed by atoms with Crippen LogP contribution in [0.4, 0.5) is 22.0 Å². The Balaban J connectivity index is 1.83. The molecule has 2 aromatic heterocycles. The lowest BCUT2D eigenvalue weighted by Gasteiger charge is -2.29. The molecular formula is C21H20F5N5O2. The van der Waals surface area contributed by atoms with Gasteiger partial charge >= 0.3 is 6.18 Å². The molecule has 0 spiro atoms. The molecule has 0 aliphatic carbocycles. The summed E-state index contributed by atoms with van der Waals surface area (Å²) in [6.07, 6.45) is -1.53. The van der Waals surface area contributed by atoms with E-state index in [-0.39, 0.29) is 36.0 Å². The number of aromatic nitrogens is 4. The molecule has 0 N–H and O–H groups in total. The number of ether oxygens (including phenoxy) is 1. The van der Waals surface area contributed by atoms with Crippen LogP contribution in [0.15, 0.2) is 36.8 Å². The number of nitrogens with zero attached hydrogens (tertiary/aromatic N) is 5. The van der Waals surface area contributed by atoms with Gasteiger partial charge in [0.25, 0.3) is 5.91 Å². The summed E-state index contributed by atoms with van der Waals surface area (Å²) in [6, 6.07) is 2.58. The maximum absolute atomic E-state index is 15.0. The molecule has 1 atom stereocenters. The van der Waals surface area contributed by atoms with E-state index in [9.17, 15) is 22.4 Å². The smallest absolute Gasteiger partial charge is 0.417 e. The molecule has 2 heterocycles. The normalized spacial score (nSPS) is 12.5. The second-order valence-corrected chi connectivity index (χ2v) is 7.17. The highest BCUT2D eigenvalue weighted by atomic mass is 19.4. The summed E-state index contributed by atoms with van der Waals surface area (Å²) in [4.78, 5) is 19.1. The van der Waals surface area contributed by atoms with E-state index in [2.05, 4.69) is 15.2 Å². The second-order valence-electron chi connectivity index (χ2n) is 7.17. The van der Waals surface area contributed by atoms with Crippen LogP contribution < -0.4 is 4.74 Å². The molecule has 0 aliphatic heterocycles. The molecular weight excluding hydrogens is 449 g/mol. The molecule has 1 amide bonds. The van der Waals surface area contributed by atoms with Crippen LogP contribution in [0.5, 0.6) is 5.88 Å². The number of likely N-dealkylation sites (N-methyl/N-ethyl adjacent to an activating group) is 1. The average molecular weight is 469 g/mol. The molecule has 0 saturated carbocycles. The summed E-state index contributed by atoms with van der Waals surface area (Å²) in [5.41, 5.74) is -1.13. The van der Waals surface area contributed by atoms with Crippen LogP contribution in [-0.4, -0.2) is 50.0 Å². The third kappa shape index (κ3) is 5.10. The third-order valence-corrected chi connectivity index (χ3v) is 4.89. The van der Waals surface area contributed by atoms with Gasteiger partial charge in [0, 0.05) is 12.7 Å². The Morgan fingerprint density at radius 2 is 1.88 bits per heavy atom. The van der Waals surface area contributed by atoms with Crippen molar-refractivity contribution in [3.8, 4) is 11.6 Å². The standard InChI is InChI=1S/C21H20F5N5O2/c1-4-30(13(3)11-33-19-15(22)9-14(10-27-19)21(24,25)26)20(32)17-16(31-28-7-8-29-31)6-5-12(2)18(17)23/h5-10,13H,4,11H2,1-3H3/t13-/m0/s1. The first-order valence-electron chi connectivity index (χ1n) is 9.86. The fourth-order valence-electron chi connectivity index (χ4n) is 3.16. The van der Waals surface area contributed by atoms with Crippen molar-refractivity contribution in [2.24, 2.45) is 0 Å². The van der Waals surface area contributed by atoms with Crippen molar-refractivity contribution in [1.29, 1.82) is 0 Å². The number of halogens is 5. The number of hydrogen-bond acceptors (Lipinski definition) is 5. The maximum atomic E-state index is 15.0. The first kappa shape index (κ1) is 24.1. The van der Waals surface area contributed by atoms with Gasteiger partial charge < -0.3 is 9.64 Å². The van der Waals surface area contributed by atoms with Crippen molar-refractivity contribution in [3.63, 3.8) is 0 Å². The van der Waals surface area contributed by atoms with E-state index in [0.717, 1.165) is 4.80 Å². The minimum Gasteiger partial charge on any atom is -0.473 e. The summed E-state index contributed by atoms with van der Waals surface area (Å²) < 4.78 is 72.3. The molecule has 0 unspecified atom stereocenters. The van der Waals surface area contributed by atoms with Gasteiger partial charge in [-0.2, -0.15) is 28.2 Å². The number of pyridine rings is 1. The average Bonchev–Trinajstić information content (AvgIpc) is 3.29. The van der Waals surface area contributed by atoms with Gasteiger partial charge in [-0.15, -0.1) is 0 Å². The van der Waals surface area contributed by atoms with Crippen molar-refractivity contribution in [3.05, 3.63) is 65.1 Å². The largest absolute Gasteiger partial charge is 0.473 e. The molecule has 3 rings (SSSR count). The monoisotopic (exact) mass is 469 g/mol. The van der Waals surface area contributed by atoms with Crippen molar-refractivity contribution in [2.45, 2.75) is 33.0 Å². The van der Waals surface area contributed by atoms with E-state index in [1.54, 1.807) is 13.8 Å². The van der Waals surface area contributed by atoms with E-state index in [1.165, 1.54) is 36.4 Å². The zero-order valence-electron chi connectivity index (χ0n) is 17.9. The lowest BCUT2D eigenvalue weighted by molar-refractivity contribution is -0.138. The Labute approximate surface area is 185 Å². The number of alkyl halides is 3. The number of carbonyl (C=O) groups is 1. The zero-order chi connectivity index (χ0) is 24.3. The Bertz CT molecular complexity index is 1130. The molecule has 0 aliphatic rings. The van der Waals surface area contributed by atoms with Crippen LogP contribution >= 0.6 is 0 Å². The number of carbonyl (C=O) groups excluding carboxylic acids is 1. The summed E-state index contributed by atoms with van der Waals surface area (Å²) in [5.74, 6) is -3.34. The Hall–Kier alpha value is -3.57. The molecule has 0 fully saturated rings. The molecule has 7 nitrogen and oxygen atoms in total. The highest BCUT2D eigenvalue weighted by Gasteiger charge is 2.32. The van der Waals surface area contributed by atoms with Gasteiger partial charge in [0.05, 0.1) is 24.0 Å². The molecule has 0 radical (unpaired) electrons. The van der Waals surface area contributed by atoms with Gasteiger partial charge in [0.2, 0.25) is 5.88 Å². The van der Waals surface area contributed by atoms with Crippen LogP contribution in [0.3, 0.4) is 0 Å². The van der Waals surface area contributed by atoms with Gasteiger partial charge in [0.15, 0.2) is 5.82 Å². The van der Waals surface area contributed by atoms with E-state index >= 15 is 4.39 Å². The van der Waals surface area contributed by atoms with Crippen LogP contribution in [0.25, 0.3) is 5.69 Å². The van der Waals surface area contributed by atoms with Gasteiger partial charge in [-0.1, -0.05) is 6.07 Å². The van der Waals surface area contributed by atoms with Gasteiger partial charge in [-0.05, 0) is 38.5 Å². The van der Waals surface area contributed by atoms with Crippen molar-refractivity contribution < 1.29 is 31.5 Å². The second kappa shape index (κ2) is 9.51. The quantitative estimate of drug-likeness (QED) is 0.485. The maximum Gasteiger partial charge on any atom is 0.417 e. The van der Waals surface area contributed by atoms with Crippen LogP contribution in [0, 0.1) is 18.6 Å². The Kier molecular flexibility index (Phi) is 6.94. The molecule has 0 saturated heterocycles. The van der Waals surface area contributed by atoms with Gasteiger partial charge in [-0.25, -0.2) is 13.8 Å². The number of hydrogen-bond donors (Lipinski definition) is 0. The highest BCUT2D eigenvalue weighted by molar-refractivity contribution is 5.98. The fraction of sp³-hybridized carbons (Fsp3) is 0.333. The van der Waals surface area contributed by atoms with Crippen LogP contribution in [0.1, 0.15) is 35.3 Å². The molecule has 0 bridgehead atoms. The number of amides is 1. The minimum atomic E-state index is -4.75. The zero-order valence-corrected chi connectivity index (χ0v) is 17.9. The number of rotatable bonds is 7. The first-order valence-corrected chi connectivity index (χ1v) is 9.86. The summed E-state index contributed by atoms with van der Waals surface area (Å²) in [6.45, 7) is 4.59. The van der Waals surface area contributed by atoms with Crippen molar-refractivity contribution in [2.75, 3.05) is 13.2 Å². The molecule has 1 aromatic carbocycles. The minimum absolute atomic E-state index is 0.134. The number of benzene rings is 1. The SMILES string of the molecule is CCN(C(=O)c1c(-n2nccn2)ccc(C)c1F)[C@@H](C)COc1ncc(C(F)(F)F)cc1F. The molecule has 12 heteroatoms. The molecule has 176 valence electrons. The van der Waals surface area contributed by atoms with Crippen LogP contribution in [0.2, 0.25) is 0 Å². The van der Waals surface area contributed by atoms with Gasteiger partial charge in [0.1, 0.15) is 23.7 Å².